The van der Waals surface area contributed by atoms with Crippen LogP contribution in [0.3, 0.4) is 0 Å². The minimum atomic E-state index is -1.16. The second kappa shape index (κ2) is 6.97. The maximum absolute atomic E-state index is 11.6. The number of carboxylic acid groups (broad SMARTS) is 1. The SMILES string of the molecule is CC(NC(=O)N[C@H](CCO)C(=O)O)c1ccsc1. The summed E-state index contributed by atoms with van der Waals surface area (Å²) in [6, 6.07) is 0.0527. The van der Waals surface area contributed by atoms with Crippen molar-refractivity contribution >= 4 is 23.3 Å². The number of nitrogens with one attached hydrogen (secondary N) is 2. The fourth-order valence-electron chi connectivity index (χ4n) is 1.39. The van der Waals surface area contributed by atoms with Gasteiger partial charge in [0.15, 0.2) is 0 Å². The number of carbonyl (C=O) groups excluding carboxylic acids is 1. The Balaban J connectivity index is 2.47. The normalized spacial score (nSPS) is 13.7. The molecule has 100 valence electrons. The largest absolute Gasteiger partial charge is 0.480 e. The van der Waals surface area contributed by atoms with Crippen LogP contribution >= 0.6 is 11.3 Å². The average Bonchev–Trinajstić information content (AvgIpc) is 2.81. The van der Waals surface area contributed by atoms with Gasteiger partial charge in [-0.1, -0.05) is 0 Å². The number of carboxylic acids is 1. The van der Waals surface area contributed by atoms with Gasteiger partial charge in [-0.25, -0.2) is 9.59 Å². The highest BCUT2D eigenvalue weighted by Gasteiger charge is 2.20. The molecule has 0 radical (unpaired) electrons. The lowest BCUT2D eigenvalue weighted by molar-refractivity contribution is -0.139. The molecule has 0 bridgehead atoms. The predicted octanol–water partition coefficient (Wildman–Crippen LogP) is 0.944. The Morgan fingerprint density at radius 1 is 1.44 bits per heavy atom. The van der Waals surface area contributed by atoms with E-state index in [-0.39, 0.29) is 19.1 Å². The topological polar surface area (TPSA) is 98.7 Å². The van der Waals surface area contributed by atoms with E-state index in [2.05, 4.69) is 10.6 Å². The molecule has 1 unspecified atom stereocenters. The van der Waals surface area contributed by atoms with Gasteiger partial charge in [0.05, 0.1) is 6.04 Å². The van der Waals surface area contributed by atoms with Gasteiger partial charge in [0.1, 0.15) is 6.04 Å². The molecule has 2 atom stereocenters. The van der Waals surface area contributed by atoms with Crippen LogP contribution < -0.4 is 10.6 Å². The van der Waals surface area contributed by atoms with Gasteiger partial charge >= 0.3 is 12.0 Å². The van der Waals surface area contributed by atoms with E-state index in [1.807, 2.05) is 23.8 Å². The predicted molar refractivity (Wildman–Crippen MR) is 67.5 cm³/mol. The van der Waals surface area contributed by atoms with Crippen LogP contribution in [-0.2, 0) is 4.79 Å². The van der Waals surface area contributed by atoms with E-state index in [4.69, 9.17) is 10.2 Å². The summed E-state index contributed by atoms with van der Waals surface area (Å²) in [4.78, 5) is 22.4. The third-order valence-electron chi connectivity index (χ3n) is 2.41. The molecular weight excluding hydrogens is 256 g/mol. The first-order valence-corrected chi connectivity index (χ1v) is 6.41. The summed E-state index contributed by atoms with van der Waals surface area (Å²) in [5, 5.41) is 26.3. The fraction of sp³-hybridized carbons (Fsp3) is 0.455. The van der Waals surface area contributed by atoms with Crippen LogP contribution in [-0.4, -0.2) is 34.9 Å². The van der Waals surface area contributed by atoms with Crippen LogP contribution in [0.2, 0.25) is 0 Å². The molecular formula is C11H16N2O4S. The van der Waals surface area contributed by atoms with Gasteiger partial charge in [-0.05, 0) is 29.3 Å². The summed E-state index contributed by atoms with van der Waals surface area (Å²) in [5.74, 6) is -1.16. The molecule has 0 fully saturated rings. The lowest BCUT2D eigenvalue weighted by Gasteiger charge is -2.17. The number of aliphatic hydroxyl groups excluding tert-OH is 1. The number of hydrogen-bond donors (Lipinski definition) is 4. The van der Waals surface area contributed by atoms with Crippen molar-refractivity contribution in [1.29, 1.82) is 0 Å². The number of aliphatic carboxylic acids is 1. The minimum Gasteiger partial charge on any atom is -0.480 e. The van der Waals surface area contributed by atoms with E-state index in [9.17, 15) is 9.59 Å². The van der Waals surface area contributed by atoms with E-state index in [0.717, 1.165) is 5.56 Å². The van der Waals surface area contributed by atoms with Crippen molar-refractivity contribution in [2.24, 2.45) is 0 Å². The minimum absolute atomic E-state index is 0.0183. The summed E-state index contributed by atoms with van der Waals surface area (Å²) in [6.07, 6.45) is -0.0183. The first-order valence-electron chi connectivity index (χ1n) is 5.47. The molecule has 0 aliphatic rings. The lowest BCUT2D eigenvalue weighted by atomic mass is 10.2. The number of thiophene rings is 1. The van der Waals surface area contributed by atoms with Crippen molar-refractivity contribution in [3.8, 4) is 0 Å². The van der Waals surface area contributed by atoms with Gasteiger partial charge in [0, 0.05) is 13.0 Å². The standard InChI is InChI=1S/C11H16N2O4S/c1-7(8-3-5-18-6-8)12-11(17)13-9(2-4-14)10(15)16/h3,5-7,9,14H,2,4H2,1H3,(H,15,16)(H2,12,13,17)/t7?,9-/m1/s1. The number of urea groups is 1. The molecule has 18 heavy (non-hydrogen) atoms. The summed E-state index contributed by atoms with van der Waals surface area (Å²) in [5.41, 5.74) is 0.962. The van der Waals surface area contributed by atoms with Crippen molar-refractivity contribution < 1.29 is 19.8 Å². The fourth-order valence-corrected chi connectivity index (χ4v) is 2.14. The Hall–Kier alpha value is -1.60. The van der Waals surface area contributed by atoms with Crippen LogP contribution in [0.5, 0.6) is 0 Å². The molecule has 0 saturated carbocycles. The van der Waals surface area contributed by atoms with Gasteiger partial charge in [-0.3, -0.25) is 0 Å². The summed E-state index contributed by atoms with van der Waals surface area (Å²) >= 11 is 1.52. The van der Waals surface area contributed by atoms with E-state index in [0.29, 0.717) is 0 Å². The highest BCUT2D eigenvalue weighted by Crippen LogP contribution is 2.15. The maximum atomic E-state index is 11.6. The molecule has 6 nitrogen and oxygen atoms in total. The first kappa shape index (κ1) is 14.5. The Labute approximate surface area is 109 Å². The quantitative estimate of drug-likeness (QED) is 0.619. The summed E-state index contributed by atoms with van der Waals surface area (Å²) in [6.45, 7) is 1.51. The van der Waals surface area contributed by atoms with Gasteiger partial charge in [-0.15, -0.1) is 0 Å². The molecule has 4 N–H and O–H groups in total. The Kier molecular flexibility index (Phi) is 5.60. The molecule has 7 heteroatoms. The molecule has 0 aromatic carbocycles. The zero-order valence-electron chi connectivity index (χ0n) is 9.92. The van der Waals surface area contributed by atoms with Crippen LogP contribution in [0.25, 0.3) is 0 Å². The Morgan fingerprint density at radius 2 is 2.17 bits per heavy atom. The van der Waals surface area contributed by atoms with Crippen molar-refractivity contribution in [3.05, 3.63) is 22.4 Å². The first-order chi connectivity index (χ1) is 8.54. The maximum Gasteiger partial charge on any atom is 0.326 e. The van der Waals surface area contributed by atoms with Gasteiger partial charge < -0.3 is 20.8 Å². The Bertz CT molecular complexity index is 394. The molecule has 1 rings (SSSR count). The number of amides is 2. The highest BCUT2D eigenvalue weighted by atomic mass is 32.1. The van der Waals surface area contributed by atoms with E-state index in [1.165, 1.54) is 11.3 Å². The second-order valence-electron chi connectivity index (χ2n) is 3.80. The van der Waals surface area contributed by atoms with Crippen molar-refractivity contribution in [3.63, 3.8) is 0 Å². The van der Waals surface area contributed by atoms with Gasteiger partial charge in [0.2, 0.25) is 0 Å². The monoisotopic (exact) mass is 272 g/mol. The zero-order chi connectivity index (χ0) is 13.5. The van der Waals surface area contributed by atoms with Crippen LogP contribution in [0.15, 0.2) is 16.8 Å². The third-order valence-corrected chi connectivity index (χ3v) is 3.11. The van der Waals surface area contributed by atoms with Gasteiger partial charge in [0.25, 0.3) is 0 Å². The van der Waals surface area contributed by atoms with E-state index in [1.54, 1.807) is 0 Å². The Morgan fingerprint density at radius 3 is 2.67 bits per heavy atom. The number of rotatable bonds is 6. The molecule has 2 amide bonds. The molecule has 0 spiro atoms. The number of hydrogen-bond acceptors (Lipinski definition) is 4. The number of carbonyl (C=O) groups is 2. The molecule has 0 aliphatic carbocycles. The van der Waals surface area contributed by atoms with Crippen molar-refractivity contribution in [2.75, 3.05) is 6.61 Å². The van der Waals surface area contributed by atoms with E-state index >= 15 is 0 Å². The zero-order valence-corrected chi connectivity index (χ0v) is 10.7. The summed E-state index contributed by atoms with van der Waals surface area (Å²) in [7, 11) is 0. The highest BCUT2D eigenvalue weighted by molar-refractivity contribution is 7.07. The van der Waals surface area contributed by atoms with Crippen LogP contribution in [0, 0.1) is 0 Å². The van der Waals surface area contributed by atoms with Crippen LogP contribution in [0.1, 0.15) is 24.9 Å². The smallest absolute Gasteiger partial charge is 0.326 e. The summed E-state index contributed by atoms with van der Waals surface area (Å²) < 4.78 is 0. The van der Waals surface area contributed by atoms with Crippen LogP contribution in [0.4, 0.5) is 4.79 Å². The molecule has 1 aromatic rings. The average molecular weight is 272 g/mol. The van der Waals surface area contributed by atoms with E-state index < -0.39 is 18.0 Å². The molecule has 0 saturated heterocycles. The lowest BCUT2D eigenvalue weighted by Crippen LogP contribution is -2.46. The second-order valence-corrected chi connectivity index (χ2v) is 4.58. The van der Waals surface area contributed by atoms with Crippen molar-refractivity contribution in [1.82, 2.24) is 10.6 Å². The third kappa shape index (κ3) is 4.34. The van der Waals surface area contributed by atoms with Gasteiger partial charge in [-0.2, -0.15) is 11.3 Å². The number of aliphatic hydroxyl groups is 1. The van der Waals surface area contributed by atoms with Crippen molar-refractivity contribution in [2.45, 2.75) is 25.4 Å². The molecule has 1 aromatic heterocycles. The molecule has 1 heterocycles. The molecule has 0 aliphatic heterocycles.